The summed E-state index contributed by atoms with van der Waals surface area (Å²) < 4.78 is 2.18. The largest absolute Gasteiger partial charge is 0.329 e. The molecule has 0 saturated carbocycles. The van der Waals surface area contributed by atoms with E-state index in [4.69, 9.17) is 0 Å². The van der Waals surface area contributed by atoms with Gasteiger partial charge in [0.25, 0.3) is 0 Å². The summed E-state index contributed by atoms with van der Waals surface area (Å²) in [5.74, 6) is 1.38. The number of imidazole rings is 1. The van der Waals surface area contributed by atoms with Crippen LogP contribution in [0, 0.1) is 0 Å². The molecule has 2 aliphatic rings. The molecule has 0 radical (unpaired) electrons. The standard InChI is InChI=1S/C19H25N5O/c25-19(22-10-3-4-11-22)24-12-5-6-16(14-24)18-21-9-13-23(18)15-17-7-1-2-8-20-17/h1-2,7-9,13,16H,3-6,10-12,14-15H2/t16-/m0/s1. The Morgan fingerprint density at radius 3 is 2.68 bits per heavy atom. The first-order chi connectivity index (χ1) is 12.3. The quantitative estimate of drug-likeness (QED) is 0.864. The normalized spacial score (nSPS) is 20.9. The van der Waals surface area contributed by atoms with Gasteiger partial charge in [0, 0.05) is 50.7 Å². The zero-order valence-corrected chi connectivity index (χ0v) is 14.5. The number of aromatic nitrogens is 3. The van der Waals surface area contributed by atoms with Gasteiger partial charge in [0.15, 0.2) is 0 Å². The number of carbonyl (C=O) groups excluding carboxylic acids is 1. The van der Waals surface area contributed by atoms with E-state index in [0.717, 1.165) is 69.9 Å². The second kappa shape index (κ2) is 7.25. The van der Waals surface area contributed by atoms with Gasteiger partial charge in [-0.3, -0.25) is 4.98 Å². The first-order valence-electron chi connectivity index (χ1n) is 9.26. The number of hydrogen-bond donors (Lipinski definition) is 0. The number of piperidine rings is 1. The number of carbonyl (C=O) groups is 1. The summed E-state index contributed by atoms with van der Waals surface area (Å²) >= 11 is 0. The van der Waals surface area contributed by atoms with Gasteiger partial charge in [-0.25, -0.2) is 9.78 Å². The Morgan fingerprint density at radius 1 is 1.04 bits per heavy atom. The molecule has 6 nitrogen and oxygen atoms in total. The molecule has 25 heavy (non-hydrogen) atoms. The molecule has 2 aromatic rings. The lowest BCUT2D eigenvalue weighted by Gasteiger charge is -2.35. The number of nitrogens with zero attached hydrogens (tertiary/aromatic N) is 5. The Balaban J connectivity index is 1.46. The van der Waals surface area contributed by atoms with Gasteiger partial charge in [0.1, 0.15) is 5.82 Å². The number of amides is 2. The zero-order chi connectivity index (χ0) is 17.1. The van der Waals surface area contributed by atoms with E-state index >= 15 is 0 Å². The lowest BCUT2D eigenvalue weighted by atomic mass is 9.97. The van der Waals surface area contributed by atoms with Gasteiger partial charge in [0.2, 0.25) is 0 Å². The minimum atomic E-state index is 0.213. The highest BCUT2D eigenvalue weighted by atomic mass is 16.2. The van der Waals surface area contributed by atoms with Crippen molar-refractivity contribution in [3.05, 3.63) is 48.3 Å². The van der Waals surface area contributed by atoms with Crippen LogP contribution in [0.3, 0.4) is 0 Å². The van der Waals surface area contributed by atoms with Gasteiger partial charge in [0.05, 0.1) is 12.2 Å². The minimum Gasteiger partial charge on any atom is -0.329 e. The van der Waals surface area contributed by atoms with E-state index in [9.17, 15) is 4.79 Å². The summed E-state index contributed by atoms with van der Waals surface area (Å²) in [7, 11) is 0. The van der Waals surface area contributed by atoms with Crippen molar-refractivity contribution >= 4 is 6.03 Å². The Morgan fingerprint density at radius 2 is 1.88 bits per heavy atom. The Labute approximate surface area is 148 Å². The van der Waals surface area contributed by atoms with E-state index in [-0.39, 0.29) is 6.03 Å². The monoisotopic (exact) mass is 339 g/mol. The van der Waals surface area contributed by atoms with Gasteiger partial charge in [-0.15, -0.1) is 0 Å². The van der Waals surface area contributed by atoms with Crippen LogP contribution in [0.25, 0.3) is 0 Å². The van der Waals surface area contributed by atoms with Crippen LogP contribution in [0.5, 0.6) is 0 Å². The van der Waals surface area contributed by atoms with Crippen molar-refractivity contribution in [3.8, 4) is 0 Å². The molecular weight excluding hydrogens is 314 g/mol. The van der Waals surface area contributed by atoms with Crippen molar-refractivity contribution in [3.63, 3.8) is 0 Å². The minimum absolute atomic E-state index is 0.213. The van der Waals surface area contributed by atoms with E-state index in [1.807, 2.05) is 46.6 Å². The van der Waals surface area contributed by atoms with Crippen LogP contribution >= 0.6 is 0 Å². The maximum atomic E-state index is 12.7. The molecule has 2 saturated heterocycles. The molecule has 4 heterocycles. The van der Waals surface area contributed by atoms with E-state index < -0.39 is 0 Å². The molecule has 0 spiro atoms. The summed E-state index contributed by atoms with van der Waals surface area (Å²) in [5.41, 5.74) is 1.03. The molecule has 0 unspecified atom stereocenters. The smallest absolute Gasteiger partial charge is 0.320 e. The molecule has 4 rings (SSSR count). The fourth-order valence-electron chi connectivity index (χ4n) is 3.95. The molecule has 0 N–H and O–H groups in total. The van der Waals surface area contributed by atoms with Crippen LogP contribution in [-0.2, 0) is 6.54 Å². The second-order valence-corrected chi connectivity index (χ2v) is 7.00. The topological polar surface area (TPSA) is 54.3 Å². The van der Waals surface area contributed by atoms with Crippen LogP contribution in [0.15, 0.2) is 36.8 Å². The predicted octanol–water partition coefficient (Wildman–Crippen LogP) is 2.72. The maximum Gasteiger partial charge on any atom is 0.320 e. The summed E-state index contributed by atoms with van der Waals surface area (Å²) in [5, 5.41) is 0. The molecule has 6 heteroatoms. The van der Waals surface area contributed by atoms with Crippen molar-refractivity contribution < 1.29 is 4.79 Å². The summed E-state index contributed by atoms with van der Waals surface area (Å²) in [4.78, 5) is 25.8. The fraction of sp³-hybridized carbons (Fsp3) is 0.526. The van der Waals surface area contributed by atoms with E-state index in [2.05, 4.69) is 14.5 Å². The number of pyridine rings is 1. The summed E-state index contributed by atoms with van der Waals surface area (Å²) in [6.07, 6.45) is 10.1. The van der Waals surface area contributed by atoms with Crippen molar-refractivity contribution in [2.45, 2.75) is 38.1 Å². The average molecular weight is 339 g/mol. The third kappa shape index (κ3) is 3.52. The summed E-state index contributed by atoms with van der Waals surface area (Å²) in [6.45, 7) is 4.19. The molecule has 2 aromatic heterocycles. The highest BCUT2D eigenvalue weighted by Gasteiger charge is 2.30. The Hall–Kier alpha value is -2.37. The maximum absolute atomic E-state index is 12.7. The summed E-state index contributed by atoms with van der Waals surface area (Å²) in [6, 6.07) is 6.19. The Kier molecular flexibility index (Phi) is 4.68. The van der Waals surface area contributed by atoms with Crippen LogP contribution < -0.4 is 0 Å². The molecule has 1 atom stereocenters. The second-order valence-electron chi connectivity index (χ2n) is 7.00. The van der Waals surface area contributed by atoms with Crippen molar-refractivity contribution in [1.29, 1.82) is 0 Å². The molecule has 132 valence electrons. The van der Waals surface area contributed by atoms with Gasteiger partial charge in [-0.05, 0) is 37.8 Å². The van der Waals surface area contributed by atoms with Gasteiger partial charge < -0.3 is 14.4 Å². The number of rotatable bonds is 3. The van der Waals surface area contributed by atoms with Crippen molar-refractivity contribution in [1.82, 2.24) is 24.3 Å². The molecule has 2 fully saturated rings. The van der Waals surface area contributed by atoms with Crippen molar-refractivity contribution in [2.75, 3.05) is 26.2 Å². The highest BCUT2D eigenvalue weighted by Crippen LogP contribution is 2.27. The average Bonchev–Trinajstić information content (AvgIpc) is 3.34. The molecule has 0 aromatic carbocycles. The molecule has 0 bridgehead atoms. The highest BCUT2D eigenvalue weighted by molar-refractivity contribution is 5.74. The fourth-order valence-corrected chi connectivity index (χ4v) is 3.95. The van der Waals surface area contributed by atoms with Gasteiger partial charge in [-0.1, -0.05) is 6.07 Å². The molecule has 2 amide bonds. The zero-order valence-electron chi connectivity index (χ0n) is 14.5. The predicted molar refractivity (Wildman–Crippen MR) is 95.3 cm³/mol. The van der Waals surface area contributed by atoms with E-state index in [1.54, 1.807) is 0 Å². The number of hydrogen-bond acceptors (Lipinski definition) is 3. The van der Waals surface area contributed by atoms with Gasteiger partial charge in [-0.2, -0.15) is 0 Å². The van der Waals surface area contributed by atoms with Crippen LogP contribution in [-0.4, -0.2) is 56.5 Å². The van der Waals surface area contributed by atoms with E-state index in [1.165, 1.54) is 0 Å². The van der Waals surface area contributed by atoms with Crippen LogP contribution in [0.2, 0.25) is 0 Å². The Bertz CT molecular complexity index is 708. The molecule has 2 aliphatic heterocycles. The third-order valence-corrected chi connectivity index (χ3v) is 5.24. The SMILES string of the molecule is O=C(N1CCCC1)N1CCC[C@H](c2nccn2Cc2ccccn2)C1. The van der Waals surface area contributed by atoms with Gasteiger partial charge >= 0.3 is 6.03 Å². The number of likely N-dealkylation sites (tertiary alicyclic amines) is 2. The van der Waals surface area contributed by atoms with Crippen LogP contribution in [0.1, 0.15) is 43.1 Å². The molecular formula is C19H25N5O. The van der Waals surface area contributed by atoms with E-state index in [0.29, 0.717) is 5.92 Å². The van der Waals surface area contributed by atoms with Crippen LogP contribution in [0.4, 0.5) is 4.79 Å². The first-order valence-corrected chi connectivity index (χ1v) is 9.26. The lowest BCUT2D eigenvalue weighted by molar-refractivity contribution is 0.145. The number of urea groups is 1. The third-order valence-electron chi connectivity index (χ3n) is 5.24. The molecule has 0 aliphatic carbocycles. The lowest BCUT2D eigenvalue weighted by Crippen LogP contribution is -2.46. The first kappa shape index (κ1) is 16.1. The van der Waals surface area contributed by atoms with Crippen molar-refractivity contribution in [2.24, 2.45) is 0 Å².